The van der Waals surface area contributed by atoms with Crippen molar-refractivity contribution < 1.29 is 19.1 Å². The second kappa shape index (κ2) is 9.11. The van der Waals surface area contributed by atoms with E-state index in [1.165, 1.54) is 25.7 Å². The Kier molecular flexibility index (Phi) is 7.30. The van der Waals surface area contributed by atoms with E-state index in [1.54, 1.807) is 13.2 Å². The van der Waals surface area contributed by atoms with E-state index in [4.69, 9.17) is 9.47 Å². The predicted octanol–water partition coefficient (Wildman–Crippen LogP) is 5.65. The number of unbranched alkanes of at least 4 members (excludes halogenated alkanes) is 3. The van der Waals surface area contributed by atoms with Crippen molar-refractivity contribution in [2.24, 2.45) is 5.41 Å². The van der Waals surface area contributed by atoms with Crippen LogP contribution >= 0.6 is 0 Å². The van der Waals surface area contributed by atoms with E-state index in [0.717, 1.165) is 12.0 Å². The van der Waals surface area contributed by atoms with Gasteiger partial charge in [-0.1, -0.05) is 60.3 Å². The third-order valence-electron chi connectivity index (χ3n) is 6.00. The second-order valence-corrected chi connectivity index (χ2v) is 9.30. The fraction of sp³-hybridized carbons (Fsp3) is 0.667. The first-order valence-electron chi connectivity index (χ1n) is 10.5. The van der Waals surface area contributed by atoms with Gasteiger partial charge in [0.05, 0.1) is 7.11 Å². The Balaban J connectivity index is 2.24. The number of ether oxygens (including phenoxy) is 2. The summed E-state index contributed by atoms with van der Waals surface area (Å²) in [6, 6.07) is 5.75. The highest BCUT2D eigenvalue weighted by Gasteiger charge is 2.43. The topological polar surface area (TPSA) is 52.6 Å². The highest BCUT2D eigenvalue weighted by molar-refractivity contribution is 6.09. The molecule has 0 amide bonds. The first-order valence-corrected chi connectivity index (χ1v) is 10.5. The lowest BCUT2D eigenvalue weighted by Crippen LogP contribution is -2.48. The van der Waals surface area contributed by atoms with E-state index in [9.17, 15) is 9.59 Å². The molecule has 1 atom stereocenters. The second-order valence-electron chi connectivity index (χ2n) is 9.30. The summed E-state index contributed by atoms with van der Waals surface area (Å²) >= 11 is 0. The number of methoxy groups -OCH3 is 1. The smallest absolute Gasteiger partial charge is 0.215 e. The summed E-state index contributed by atoms with van der Waals surface area (Å²) in [5, 5.41) is 0. The number of ketones is 2. The van der Waals surface area contributed by atoms with Crippen LogP contribution in [0.3, 0.4) is 0 Å². The number of hydrogen-bond donors (Lipinski definition) is 0. The predicted molar refractivity (Wildman–Crippen MR) is 112 cm³/mol. The van der Waals surface area contributed by atoms with Gasteiger partial charge in [-0.25, -0.2) is 0 Å². The van der Waals surface area contributed by atoms with Gasteiger partial charge >= 0.3 is 0 Å². The molecular weight excluding hydrogens is 352 g/mol. The summed E-state index contributed by atoms with van der Waals surface area (Å²) in [6.07, 6.45) is 5.88. The lowest BCUT2D eigenvalue weighted by molar-refractivity contribution is -0.147. The van der Waals surface area contributed by atoms with E-state index >= 15 is 0 Å². The van der Waals surface area contributed by atoms with Crippen LogP contribution in [0.1, 0.15) is 85.1 Å². The molecule has 4 heteroatoms. The molecule has 0 aromatic heterocycles. The molecule has 0 saturated heterocycles. The molecule has 156 valence electrons. The first-order chi connectivity index (χ1) is 13.1. The van der Waals surface area contributed by atoms with Crippen LogP contribution in [0, 0.1) is 5.41 Å². The zero-order valence-electron chi connectivity index (χ0n) is 18.4. The summed E-state index contributed by atoms with van der Waals surface area (Å²) in [7, 11) is 1.62. The molecule has 1 aromatic carbocycles. The highest BCUT2D eigenvalue weighted by atomic mass is 16.5. The molecule has 0 radical (unpaired) electrons. The van der Waals surface area contributed by atoms with Gasteiger partial charge in [0, 0.05) is 17.9 Å². The van der Waals surface area contributed by atoms with Crippen LogP contribution in [-0.4, -0.2) is 24.8 Å². The van der Waals surface area contributed by atoms with Crippen molar-refractivity contribution in [2.45, 2.75) is 91.1 Å². The maximum Gasteiger partial charge on any atom is 0.215 e. The van der Waals surface area contributed by atoms with Crippen molar-refractivity contribution in [1.82, 2.24) is 0 Å². The summed E-state index contributed by atoms with van der Waals surface area (Å²) < 4.78 is 11.4. The van der Waals surface area contributed by atoms with E-state index in [0.29, 0.717) is 24.3 Å². The largest absolute Gasteiger partial charge is 0.497 e. The van der Waals surface area contributed by atoms with Crippen LogP contribution in [0.25, 0.3) is 0 Å². The molecule has 4 nitrogen and oxygen atoms in total. The summed E-state index contributed by atoms with van der Waals surface area (Å²) in [5.41, 5.74) is 0.535. The SMILES string of the molecule is CCCCCCC(C)(C)c1cc(OC)cc(OC2C(=O)CCC(C)(C)C2=O)c1. The van der Waals surface area contributed by atoms with E-state index in [-0.39, 0.29) is 17.0 Å². The van der Waals surface area contributed by atoms with Crippen LogP contribution < -0.4 is 9.47 Å². The van der Waals surface area contributed by atoms with E-state index in [1.807, 2.05) is 26.0 Å². The molecule has 1 fully saturated rings. The van der Waals surface area contributed by atoms with Crippen LogP contribution in [0.4, 0.5) is 0 Å². The maximum atomic E-state index is 12.7. The first kappa shape index (κ1) is 22.4. The van der Waals surface area contributed by atoms with Gasteiger partial charge in [0.2, 0.25) is 6.10 Å². The zero-order valence-corrected chi connectivity index (χ0v) is 18.4. The monoisotopic (exact) mass is 388 g/mol. The number of benzene rings is 1. The van der Waals surface area contributed by atoms with Gasteiger partial charge in [-0.3, -0.25) is 9.59 Å². The van der Waals surface area contributed by atoms with Crippen LogP contribution in [0.2, 0.25) is 0 Å². The third-order valence-corrected chi connectivity index (χ3v) is 6.00. The number of rotatable bonds is 9. The summed E-state index contributed by atoms with van der Waals surface area (Å²) in [6.45, 7) is 10.4. The molecule has 1 saturated carbocycles. The zero-order chi connectivity index (χ0) is 20.9. The van der Waals surface area contributed by atoms with E-state index in [2.05, 4.69) is 20.8 Å². The molecule has 0 N–H and O–H groups in total. The average molecular weight is 389 g/mol. The molecule has 0 spiro atoms. The molecule has 1 aliphatic carbocycles. The van der Waals surface area contributed by atoms with Gasteiger partial charge in [0.1, 0.15) is 11.5 Å². The Morgan fingerprint density at radius 1 is 1.07 bits per heavy atom. The summed E-state index contributed by atoms with van der Waals surface area (Å²) in [4.78, 5) is 25.1. The lowest BCUT2D eigenvalue weighted by Gasteiger charge is -2.33. The Bertz CT molecular complexity index is 703. The van der Waals surface area contributed by atoms with Gasteiger partial charge in [0.25, 0.3) is 0 Å². The van der Waals surface area contributed by atoms with Gasteiger partial charge in [-0.2, -0.15) is 0 Å². The molecule has 0 bridgehead atoms. The Labute approximate surface area is 170 Å². The van der Waals surface area contributed by atoms with Crippen LogP contribution in [0.15, 0.2) is 18.2 Å². The van der Waals surface area contributed by atoms with Crippen LogP contribution in [-0.2, 0) is 15.0 Å². The number of carbonyl (C=O) groups is 2. The van der Waals surface area contributed by atoms with Crippen molar-refractivity contribution in [3.63, 3.8) is 0 Å². The number of hydrogen-bond acceptors (Lipinski definition) is 4. The van der Waals surface area contributed by atoms with Crippen molar-refractivity contribution in [1.29, 1.82) is 0 Å². The molecule has 0 heterocycles. The fourth-order valence-electron chi connectivity index (χ4n) is 3.73. The molecule has 28 heavy (non-hydrogen) atoms. The molecule has 1 unspecified atom stereocenters. The van der Waals surface area contributed by atoms with Crippen molar-refractivity contribution in [2.75, 3.05) is 7.11 Å². The normalized spacial score (nSPS) is 19.6. The fourth-order valence-corrected chi connectivity index (χ4v) is 3.73. The summed E-state index contributed by atoms with van der Waals surface area (Å²) in [5.74, 6) is 0.948. The Morgan fingerprint density at radius 2 is 1.75 bits per heavy atom. The van der Waals surface area contributed by atoms with E-state index < -0.39 is 11.5 Å². The third kappa shape index (κ3) is 5.36. The van der Waals surface area contributed by atoms with Gasteiger partial charge < -0.3 is 9.47 Å². The molecule has 0 aliphatic heterocycles. The van der Waals surface area contributed by atoms with Crippen molar-refractivity contribution >= 4 is 11.6 Å². The minimum atomic E-state index is -1.02. The van der Waals surface area contributed by atoms with Gasteiger partial charge in [0.15, 0.2) is 11.6 Å². The van der Waals surface area contributed by atoms with Crippen molar-refractivity contribution in [3.05, 3.63) is 23.8 Å². The van der Waals surface area contributed by atoms with Gasteiger partial charge in [-0.05, 0) is 36.0 Å². The molecular formula is C24H36O4. The number of Topliss-reactive ketones (excluding diaryl/α,β-unsaturated/α-hetero) is 2. The Hall–Kier alpha value is -1.84. The number of carbonyl (C=O) groups excluding carboxylic acids is 2. The van der Waals surface area contributed by atoms with Crippen molar-refractivity contribution in [3.8, 4) is 11.5 Å². The van der Waals surface area contributed by atoms with Gasteiger partial charge in [-0.15, -0.1) is 0 Å². The standard InChI is InChI=1S/C24H36O4/c1-7-8-9-10-12-23(2,3)17-14-18(27-6)16-19(15-17)28-21-20(25)11-13-24(4,5)22(21)26/h14-16,21H,7-13H2,1-6H3. The Morgan fingerprint density at radius 3 is 2.39 bits per heavy atom. The quantitative estimate of drug-likeness (QED) is 0.405. The molecule has 1 aliphatic rings. The molecule has 2 rings (SSSR count). The maximum absolute atomic E-state index is 12.7. The molecule has 1 aromatic rings. The van der Waals surface area contributed by atoms with Crippen LogP contribution in [0.5, 0.6) is 11.5 Å². The average Bonchev–Trinajstić information content (AvgIpc) is 2.65. The highest BCUT2D eigenvalue weighted by Crippen LogP contribution is 2.37. The minimum Gasteiger partial charge on any atom is -0.497 e. The minimum absolute atomic E-state index is 0.0414. The lowest BCUT2D eigenvalue weighted by atomic mass is 9.74.